The van der Waals surface area contributed by atoms with Gasteiger partial charge in [-0.05, 0) is 0 Å². The van der Waals surface area contributed by atoms with E-state index in [1.165, 1.54) is 89.9 Å². The fourth-order valence-electron chi connectivity index (χ4n) is 2.37. The summed E-state index contributed by atoms with van der Waals surface area (Å²) in [6, 6.07) is 0. The average molecular weight is 321 g/mol. The second-order valence-electron chi connectivity index (χ2n) is 5.45. The van der Waals surface area contributed by atoms with Crippen LogP contribution in [-0.2, 0) is 19.5 Å². The largest absolute Gasteiger partial charge is 2.00 e. The van der Waals surface area contributed by atoms with E-state index in [1.807, 2.05) is 0 Å². The van der Waals surface area contributed by atoms with Crippen LogP contribution in [0.2, 0.25) is 0 Å². The Balaban J connectivity index is -0.00000128. The van der Waals surface area contributed by atoms with Gasteiger partial charge in [-0.2, -0.15) is 6.42 Å². The molecule has 0 radical (unpaired) electrons. The summed E-state index contributed by atoms with van der Waals surface area (Å²) in [5, 5.41) is 0. The van der Waals surface area contributed by atoms with Gasteiger partial charge in [0, 0.05) is 0 Å². The first-order valence-electron chi connectivity index (χ1n) is 8.21. The van der Waals surface area contributed by atoms with Gasteiger partial charge < -0.3 is 13.1 Å². The third kappa shape index (κ3) is 24.0. The van der Waals surface area contributed by atoms with E-state index >= 15 is 0 Å². The van der Waals surface area contributed by atoms with Crippen molar-refractivity contribution < 1.29 is 19.5 Å². The van der Waals surface area contributed by atoms with Crippen LogP contribution < -0.4 is 0 Å². The molecule has 0 aliphatic rings. The summed E-state index contributed by atoms with van der Waals surface area (Å²) >= 11 is 0. The third-order valence-electron chi connectivity index (χ3n) is 3.60. The van der Waals surface area contributed by atoms with Crippen molar-refractivity contribution >= 4 is 0 Å². The van der Waals surface area contributed by atoms with Gasteiger partial charge in [-0.15, -0.1) is 0 Å². The Morgan fingerprint density at radius 1 is 0.526 bits per heavy atom. The molecule has 0 aliphatic carbocycles. The SMILES string of the molecule is [CH2-]CCCCCCCCCCCCCCCC.[NH2-].[Zn+2]. The van der Waals surface area contributed by atoms with E-state index in [9.17, 15) is 0 Å². The second kappa shape index (κ2) is 23.7. The maximum atomic E-state index is 3.88. The minimum atomic E-state index is 0. The third-order valence-corrected chi connectivity index (χ3v) is 3.60. The number of nitrogens with two attached hydrogens (primary N) is 1. The van der Waals surface area contributed by atoms with Crippen LogP contribution in [0.4, 0.5) is 0 Å². The number of unbranched alkanes of at least 4 members (excludes halogenated alkanes) is 14. The van der Waals surface area contributed by atoms with Gasteiger partial charge >= 0.3 is 19.5 Å². The van der Waals surface area contributed by atoms with Crippen LogP contribution in [0.3, 0.4) is 0 Å². The smallest absolute Gasteiger partial charge is 0.693 e. The first-order valence-corrected chi connectivity index (χ1v) is 8.21. The van der Waals surface area contributed by atoms with Crippen LogP contribution >= 0.6 is 0 Å². The topological polar surface area (TPSA) is 33.5 Å². The minimum absolute atomic E-state index is 0. The van der Waals surface area contributed by atoms with Gasteiger partial charge in [-0.3, -0.25) is 0 Å². The molecule has 0 fully saturated rings. The van der Waals surface area contributed by atoms with Crippen molar-refractivity contribution in [1.82, 2.24) is 0 Å². The molecule has 1 nitrogen and oxygen atoms in total. The van der Waals surface area contributed by atoms with Crippen LogP contribution in [0.25, 0.3) is 6.15 Å². The number of hydrogen-bond donors (Lipinski definition) is 0. The van der Waals surface area contributed by atoms with E-state index in [0.29, 0.717) is 0 Å². The molecule has 0 rings (SSSR count). The van der Waals surface area contributed by atoms with Crippen molar-refractivity contribution in [3.05, 3.63) is 13.1 Å². The fourth-order valence-corrected chi connectivity index (χ4v) is 2.37. The molecule has 19 heavy (non-hydrogen) atoms. The van der Waals surface area contributed by atoms with Crippen molar-refractivity contribution in [2.75, 3.05) is 0 Å². The summed E-state index contributed by atoms with van der Waals surface area (Å²) in [5.74, 6) is 0. The fraction of sp³-hybridized carbons (Fsp3) is 0.941. The van der Waals surface area contributed by atoms with Crippen molar-refractivity contribution in [1.29, 1.82) is 0 Å². The Labute approximate surface area is 136 Å². The molecular weight excluding hydrogens is 284 g/mol. The zero-order chi connectivity index (χ0) is 12.6. The quantitative estimate of drug-likeness (QED) is 0.181. The molecular formula is C17H37NZn. The molecule has 0 unspecified atom stereocenters. The predicted molar refractivity (Wildman–Crippen MR) is 85.6 cm³/mol. The van der Waals surface area contributed by atoms with Gasteiger partial charge in [0.2, 0.25) is 0 Å². The van der Waals surface area contributed by atoms with Crippen LogP contribution in [0.15, 0.2) is 0 Å². The summed E-state index contributed by atoms with van der Waals surface area (Å²) in [4.78, 5) is 0. The molecule has 0 aromatic heterocycles. The van der Waals surface area contributed by atoms with Gasteiger partial charge in [-0.1, -0.05) is 96.8 Å². The Morgan fingerprint density at radius 2 is 0.789 bits per heavy atom. The molecule has 0 aromatic rings. The molecule has 0 saturated carbocycles. The molecule has 0 aliphatic heterocycles. The number of hydrogen-bond acceptors (Lipinski definition) is 0. The summed E-state index contributed by atoms with van der Waals surface area (Å²) in [7, 11) is 0. The van der Waals surface area contributed by atoms with E-state index in [2.05, 4.69) is 13.8 Å². The molecule has 2 heteroatoms. The molecule has 0 heterocycles. The molecule has 0 spiro atoms. The second-order valence-corrected chi connectivity index (χ2v) is 5.45. The van der Waals surface area contributed by atoms with Gasteiger partial charge in [0.1, 0.15) is 0 Å². The molecule has 0 amide bonds. The van der Waals surface area contributed by atoms with Crippen LogP contribution in [-0.4, -0.2) is 0 Å². The zero-order valence-corrected chi connectivity index (χ0v) is 16.6. The Hall–Kier alpha value is 0.583. The molecule has 0 bridgehead atoms. The molecule has 112 valence electrons. The Morgan fingerprint density at radius 3 is 1.05 bits per heavy atom. The average Bonchev–Trinajstić information content (AvgIpc) is 2.35. The van der Waals surface area contributed by atoms with Crippen LogP contribution in [0.5, 0.6) is 0 Å². The normalized spacial score (nSPS) is 9.79. The summed E-state index contributed by atoms with van der Waals surface area (Å²) in [6.45, 7) is 6.17. The summed E-state index contributed by atoms with van der Waals surface area (Å²) < 4.78 is 0. The zero-order valence-electron chi connectivity index (χ0n) is 13.6. The van der Waals surface area contributed by atoms with Gasteiger partial charge in [0.25, 0.3) is 0 Å². The molecule has 0 atom stereocenters. The van der Waals surface area contributed by atoms with Crippen molar-refractivity contribution in [2.45, 2.75) is 103 Å². The van der Waals surface area contributed by atoms with E-state index in [0.717, 1.165) is 6.42 Å². The van der Waals surface area contributed by atoms with Crippen molar-refractivity contribution in [3.63, 3.8) is 0 Å². The molecule has 0 saturated heterocycles. The summed E-state index contributed by atoms with van der Waals surface area (Å²) in [5.41, 5.74) is 0. The van der Waals surface area contributed by atoms with E-state index < -0.39 is 0 Å². The predicted octanol–water partition coefficient (Wildman–Crippen LogP) is 7.41. The first kappa shape index (κ1) is 24.6. The van der Waals surface area contributed by atoms with Crippen molar-refractivity contribution in [2.24, 2.45) is 0 Å². The first-order chi connectivity index (χ1) is 8.41. The Bertz CT molecular complexity index is 114. The summed E-state index contributed by atoms with van der Waals surface area (Å²) in [6.07, 6.45) is 21.3. The van der Waals surface area contributed by atoms with Gasteiger partial charge in [-0.25, -0.2) is 0 Å². The maximum absolute atomic E-state index is 3.88. The van der Waals surface area contributed by atoms with Crippen LogP contribution in [0, 0.1) is 6.92 Å². The number of rotatable bonds is 14. The minimum Gasteiger partial charge on any atom is -0.693 e. The standard InChI is InChI=1S/C17H35.H2N.Zn/c1-3-5-7-9-11-13-15-17-16-14-12-10-8-6-4-2;;/h1,3-17H2,2H3;1H2;/q2*-1;+2. The molecule has 0 aromatic carbocycles. The van der Waals surface area contributed by atoms with Crippen molar-refractivity contribution in [3.8, 4) is 0 Å². The monoisotopic (exact) mass is 319 g/mol. The van der Waals surface area contributed by atoms with Crippen LogP contribution in [0.1, 0.15) is 103 Å². The van der Waals surface area contributed by atoms with E-state index in [-0.39, 0.29) is 25.6 Å². The maximum Gasteiger partial charge on any atom is 2.00 e. The van der Waals surface area contributed by atoms with E-state index in [4.69, 9.17) is 0 Å². The van der Waals surface area contributed by atoms with Gasteiger partial charge in [0.05, 0.1) is 0 Å². The van der Waals surface area contributed by atoms with E-state index in [1.54, 1.807) is 0 Å². The Kier molecular flexibility index (Phi) is 30.6. The molecule has 2 N–H and O–H groups in total. The van der Waals surface area contributed by atoms with Gasteiger partial charge in [0.15, 0.2) is 0 Å².